The van der Waals surface area contributed by atoms with Crippen LogP contribution in [0.4, 0.5) is 5.69 Å². The molecule has 0 fully saturated rings. The Morgan fingerprint density at radius 2 is 2.12 bits per heavy atom. The Kier molecular flexibility index (Phi) is 4.35. The summed E-state index contributed by atoms with van der Waals surface area (Å²) in [6, 6.07) is 7.85. The van der Waals surface area contributed by atoms with Gasteiger partial charge in [0.1, 0.15) is 0 Å². The Labute approximate surface area is 97.5 Å². The highest BCUT2D eigenvalue weighted by molar-refractivity contribution is 5.95. The first-order valence-electron chi connectivity index (χ1n) is 5.62. The van der Waals surface area contributed by atoms with Crippen molar-refractivity contribution in [2.75, 3.05) is 19.0 Å². The van der Waals surface area contributed by atoms with Crippen LogP contribution in [0.25, 0.3) is 0 Å². The number of nitrogens with zero attached hydrogens (tertiary/aromatic N) is 1. The first-order valence-corrected chi connectivity index (χ1v) is 5.62. The molecule has 1 aromatic carbocycles. The van der Waals surface area contributed by atoms with Crippen molar-refractivity contribution in [1.29, 1.82) is 0 Å². The molecule has 1 amide bonds. The normalized spacial score (nSPS) is 12.0. The number of nitrogens with one attached hydrogen (secondary N) is 1. The Bertz CT molecular complexity index is 361. The van der Waals surface area contributed by atoms with Gasteiger partial charge in [-0.2, -0.15) is 0 Å². The fraction of sp³-hybridized carbons (Fsp3) is 0.462. The summed E-state index contributed by atoms with van der Waals surface area (Å²) in [6.45, 7) is 4.06. The summed E-state index contributed by atoms with van der Waals surface area (Å²) in [5, 5.41) is 2.95. The van der Waals surface area contributed by atoms with Gasteiger partial charge in [0.05, 0.1) is 0 Å². The molecule has 0 spiro atoms. The fourth-order valence-corrected chi connectivity index (χ4v) is 1.33. The van der Waals surface area contributed by atoms with Crippen molar-refractivity contribution >= 4 is 11.6 Å². The van der Waals surface area contributed by atoms with E-state index < -0.39 is 0 Å². The van der Waals surface area contributed by atoms with Crippen LogP contribution < -0.4 is 10.2 Å². The lowest BCUT2D eigenvalue weighted by Crippen LogP contribution is -2.31. The summed E-state index contributed by atoms with van der Waals surface area (Å²) in [6.07, 6.45) is 0.944. The van der Waals surface area contributed by atoms with Crippen molar-refractivity contribution in [1.82, 2.24) is 5.32 Å². The van der Waals surface area contributed by atoms with E-state index in [9.17, 15) is 4.79 Å². The molecule has 0 radical (unpaired) electrons. The molecular formula is C13H20N2O. The van der Waals surface area contributed by atoms with Crippen LogP contribution in [-0.4, -0.2) is 26.0 Å². The molecule has 1 N–H and O–H groups in total. The summed E-state index contributed by atoms with van der Waals surface area (Å²) in [5.41, 5.74) is 1.75. The molecule has 0 aliphatic carbocycles. The minimum atomic E-state index is -0.00181. The number of hydrogen-bond acceptors (Lipinski definition) is 2. The van der Waals surface area contributed by atoms with E-state index in [0.29, 0.717) is 5.56 Å². The van der Waals surface area contributed by atoms with E-state index in [1.165, 1.54) is 0 Å². The number of rotatable bonds is 4. The zero-order chi connectivity index (χ0) is 12.1. The van der Waals surface area contributed by atoms with Crippen LogP contribution in [0.5, 0.6) is 0 Å². The average Bonchev–Trinajstić information content (AvgIpc) is 2.28. The first kappa shape index (κ1) is 12.6. The largest absolute Gasteiger partial charge is 0.378 e. The number of benzene rings is 1. The van der Waals surface area contributed by atoms with E-state index in [2.05, 4.69) is 12.2 Å². The number of carbonyl (C=O) groups excluding carboxylic acids is 1. The number of anilines is 1. The Morgan fingerprint density at radius 1 is 1.44 bits per heavy atom. The number of hydrogen-bond donors (Lipinski definition) is 1. The minimum absolute atomic E-state index is 0.00181. The van der Waals surface area contributed by atoms with E-state index in [1.54, 1.807) is 0 Å². The maximum absolute atomic E-state index is 11.9. The Hall–Kier alpha value is -1.51. The molecule has 0 unspecified atom stereocenters. The van der Waals surface area contributed by atoms with Gasteiger partial charge in [0, 0.05) is 31.4 Å². The molecule has 3 nitrogen and oxygen atoms in total. The molecule has 16 heavy (non-hydrogen) atoms. The van der Waals surface area contributed by atoms with Crippen LogP contribution >= 0.6 is 0 Å². The SMILES string of the molecule is CC[C@@H](C)NC(=O)c1cccc(N(C)C)c1. The van der Waals surface area contributed by atoms with E-state index in [1.807, 2.05) is 50.2 Å². The van der Waals surface area contributed by atoms with Gasteiger partial charge in [0.25, 0.3) is 5.91 Å². The minimum Gasteiger partial charge on any atom is -0.378 e. The third-order valence-corrected chi connectivity index (χ3v) is 2.61. The molecule has 3 heteroatoms. The van der Waals surface area contributed by atoms with E-state index in [-0.39, 0.29) is 11.9 Å². The lowest BCUT2D eigenvalue weighted by Gasteiger charge is -2.15. The Balaban J connectivity index is 2.79. The Morgan fingerprint density at radius 3 is 2.69 bits per heavy atom. The van der Waals surface area contributed by atoms with Crippen molar-refractivity contribution in [3.8, 4) is 0 Å². The monoisotopic (exact) mass is 220 g/mol. The van der Waals surface area contributed by atoms with Crippen molar-refractivity contribution in [2.24, 2.45) is 0 Å². The summed E-state index contributed by atoms with van der Waals surface area (Å²) >= 11 is 0. The average molecular weight is 220 g/mol. The lowest BCUT2D eigenvalue weighted by atomic mass is 10.1. The second-order valence-electron chi connectivity index (χ2n) is 4.23. The predicted octanol–water partition coefficient (Wildman–Crippen LogP) is 2.28. The third kappa shape index (κ3) is 3.26. The zero-order valence-electron chi connectivity index (χ0n) is 10.4. The molecular weight excluding hydrogens is 200 g/mol. The summed E-state index contributed by atoms with van der Waals surface area (Å²) in [5.74, 6) is -0.00181. The highest BCUT2D eigenvalue weighted by Gasteiger charge is 2.08. The molecule has 0 saturated carbocycles. The van der Waals surface area contributed by atoms with Gasteiger partial charge < -0.3 is 10.2 Å². The topological polar surface area (TPSA) is 32.3 Å². The van der Waals surface area contributed by atoms with Gasteiger partial charge in [-0.05, 0) is 31.5 Å². The molecule has 0 saturated heterocycles. The van der Waals surface area contributed by atoms with Gasteiger partial charge in [0.15, 0.2) is 0 Å². The van der Waals surface area contributed by atoms with Crippen LogP contribution in [0, 0.1) is 0 Å². The second kappa shape index (κ2) is 5.54. The fourth-order valence-electron chi connectivity index (χ4n) is 1.33. The molecule has 1 atom stereocenters. The smallest absolute Gasteiger partial charge is 0.251 e. The summed E-state index contributed by atoms with van der Waals surface area (Å²) in [7, 11) is 3.93. The summed E-state index contributed by atoms with van der Waals surface area (Å²) < 4.78 is 0. The molecule has 0 aliphatic rings. The van der Waals surface area contributed by atoms with Gasteiger partial charge >= 0.3 is 0 Å². The van der Waals surface area contributed by atoms with Gasteiger partial charge in [0.2, 0.25) is 0 Å². The van der Waals surface area contributed by atoms with E-state index in [4.69, 9.17) is 0 Å². The van der Waals surface area contributed by atoms with Gasteiger partial charge in [-0.1, -0.05) is 13.0 Å². The zero-order valence-corrected chi connectivity index (χ0v) is 10.4. The van der Waals surface area contributed by atoms with Crippen LogP contribution in [0.2, 0.25) is 0 Å². The number of amides is 1. The summed E-state index contributed by atoms with van der Waals surface area (Å²) in [4.78, 5) is 13.8. The van der Waals surface area contributed by atoms with Crippen molar-refractivity contribution in [3.63, 3.8) is 0 Å². The maximum atomic E-state index is 11.9. The first-order chi connectivity index (χ1) is 7.54. The molecule has 0 heterocycles. The van der Waals surface area contributed by atoms with Crippen molar-refractivity contribution in [3.05, 3.63) is 29.8 Å². The van der Waals surface area contributed by atoms with E-state index >= 15 is 0 Å². The van der Waals surface area contributed by atoms with Crippen molar-refractivity contribution < 1.29 is 4.79 Å². The van der Waals surface area contributed by atoms with Crippen LogP contribution in [0.1, 0.15) is 30.6 Å². The van der Waals surface area contributed by atoms with E-state index in [0.717, 1.165) is 12.1 Å². The molecule has 0 aliphatic heterocycles. The van der Waals surface area contributed by atoms with Gasteiger partial charge in [-0.15, -0.1) is 0 Å². The molecule has 0 bridgehead atoms. The highest BCUT2D eigenvalue weighted by Crippen LogP contribution is 2.13. The van der Waals surface area contributed by atoms with Crippen LogP contribution in [0.15, 0.2) is 24.3 Å². The quantitative estimate of drug-likeness (QED) is 0.844. The molecule has 88 valence electrons. The molecule has 0 aromatic heterocycles. The van der Waals surface area contributed by atoms with Gasteiger partial charge in [-0.3, -0.25) is 4.79 Å². The second-order valence-corrected chi connectivity index (χ2v) is 4.23. The van der Waals surface area contributed by atoms with Crippen LogP contribution in [-0.2, 0) is 0 Å². The van der Waals surface area contributed by atoms with Crippen molar-refractivity contribution in [2.45, 2.75) is 26.3 Å². The van der Waals surface area contributed by atoms with Crippen LogP contribution in [0.3, 0.4) is 0 Å². The maximum Gasteiger partial charge on any atom is 0.251 e. The third-order valence-electron chi connectivity index (χ3n) is 2.61. The highest BCUT2D eigenvalue weighted by atomic mass is 16.1. The number of carbonyl (C=O) groups is 1. The molecule has 1 aromatic rings. The predicted molar refractivity (Wildman–Crippen MR) is 68.0 cm³/mol. The standard InChI is InChI=1S/C13H20N2O/c1-5-10(2)14-13(16)11-7-6-8-12(9-11)15(3)4/h6-10H,5H2,1-4H3,(H,14,16)/t10-/m1/s1. The molecule has 1 rings (SSSR count). The van der Waals surface area contributed by atoms with Gasteiger partial charge in [-0.25, -0.2) is 0 Å². The lowest BCUT2D eigenvalue weighted by molar-refractivity contribution is 0.0939.